The number of carbonyl (C=O) groups is 1. The maximum Gasteiger partial charge on any atom is 0.254 e. The lowest BCUT2D eigenvalue weighted by molar-refractivity contribution is 0.0954. The van der Waals surface area contributed by atoms with Gasteiger partial charge >= 0.3 is 0 Å². The maximum absolute atomic E-state index is 12.2. The SMILES string of the molecule is CCn1c(C)nnc1SCCNC(=O)c1cnc(N(C)C)nc1C. The zero-order valence-electron chi connectivity index (χ0n) is 14.7. The Balaban J connectivity index is 1.87. The van der Waals surface area contributed by atoms with E-state index in [-0.39, 0.29) is 5.91 Å². The lowest BCUT2D eigenvalue weighted by Crippen LogP contribution is -2.27. The molecule has 0 aromatic carbocycles. The summed E-state index contributed by atoms with van der Waals surface area (Å²) in [5.74, 6) is 2.05. The number of carbonyl (C=O) groups excluding carboxylic acids is 1. The van der Waals surface area contributed by atoms with Crippen LogP contribution in [0.4, 0.5) is 5.95 Å². The minimum Gasteiger partial charge on any atom is -0.351 e. The average Bonchev–Trinajstić information content (AvgIpc) is 2.91. The van der Waals surface area contributed by atoms with E-state index >= 15 is 0 Å². The predicted octanol–water partition coefficient (Wildman–Crippen LogP) is 1.29. The number of aryl methyl sites for hydroxylation is 2. The van der Waals surface area contributed by atoms with Crippen LogP contribution >= 0.6 is 11.8 Å². The van der Waals surface area contributed by atoms with Gasteiger partial charge in [0.1, 0.15) is 5.82 Å². The van der Waals surface area contributed by atoms with Crippen molar-refractivity contribution in [1.29, 1.82) is 0 Å². The molecule has 2 heterocycles. The molecule has 1 N–H and O–H groups in total. The molecule has 0 aliphatic rings. The van der Waals surface area contributed by atoms with Crippen LogP contribution < -0.4 is 10.2 Å². The van der Waals surface area contributed by atoms with Crippen LogP contribution in [0.15, 0.2) is 11.4 Å². The molecule has 0 unspecified atom stereocenters. The van der Waals surface area contributed by atoms with Gasteiger partial charge in [-0.2, -0.15) is 0 Å². The number of hydrogen-bond acceptors (Lipinski definition) is 7. The van der Waals surface area contributed by atoms with E-state index in [1.807, 2.05) is 32.5 Å². The van der Waals surface area contributed by atoms with Gasteiger partial charge in [0.2, 0.25) is 5.95 Å². The Hall–Kier alpha value is -2.16. The molecule has 8 nitrogen and oxygen atoms in total. The van der Waals surface area contributed by atoms with Gasteiger partial charge in [0.15, 0.2) is 5.16 Å². The number of anilines is 1. The Labute approximate surface area is 146 Å². The van der Waals surface area contributed by atoms with E-state index < -0.39 is 0 Å². The molecule has 2 aromatic heterocycles. The number of aromatic nitrogens is 5. The molecule has 0 atom stereocenters. The highest BCUT2D eigenvalue weighted by Gasteiger charge is 2.13. The summed E-state index contributed by atoms with van der Waals surface area (Å²) < 4.78 is 2.05. The molecular formula is C15H23N7OS. The minimum atomic E-state index is -0.161. The molecule has 24 heavy (non-hydrogen) atoms. The van der Waals surface area contributed by atoms with E-state index in [9.17, 15) is 4.79 Å². The molecular weight excluding hydrogens is 326 g/mol. The summed E-state index contributed by atoms with van der Waals surface area (Å²) in [4.78, 5) is 22.6. The van der Waals surface area contributed by atoms with Crippen LogP contribution in [0.2, 0.25) is 0 Å². The van der Waals surface area contributed by atoms with Crippen LogP contribution in [0.25, 0.3) is 0 Å². The van der Waals surface area contributed by atoms with Gasteiger partial charge in [-0.15, -0.1) is 10.2 Å². The molecule has 0 saturated heterocycles. The Morgan fingerprint density at radius 3 is 2.71 bits per heavy atom. The second-order valence-corrected chi connectivity index (χ2v) is 6.50. The highest BCUT2D eigenvalue weighted by molar-refractivity contribution is 7.99. The molecule has 130 valence electrons. The fourth-order valence-electron chi connectivity index (χ4n) is 2.13. The van der Waals surface area contributed by atoms with Crippen molar-refractivity contribution in [2.24, 2.45) is 0 Å². The number of nitrogens with one attached hydrogen (secondary N) is 1. The summed E-state index contributed by atoms with van der Waals surface area (Å²) in [5, 5.41) is 12.0. The largest absolute Gasteiger partial charge is 0.351 e. The Bertz CT molecular complexity index is 714. The first-order valence-corrected chi connectivity index (χ1v) is 8.74. The lowest BCUT2D eigenvalue weighted by atomic mass is 10.2. The average molecular weight is 349 g/mol. The van der Waals surface area contributed by atoms with E-state index in [1.54, 1.807) is 22.9 Å². The zero-order chi connectivity index (χ0) is 17.7. The second kappa shape index (κ2) is 8.09. The van der Waals surface area contributed by atoms with Crippen LogP contribution in [0.5, 0.6) is 0 Å². The maximum atomic E-state index is 12.2. The summed E-state index contributed by atoms with van der Waals surface area (Å²) in [7, 11) is 3.73. The molecule has 0 radical (unpaired) electrons. The monoisotopic (exact) mass is 349 g/mol. The lowest BCUT2D eigenvalue weighted by Gasteiger charge is -2.12. The van der Waals surface area contributed by atoms with Crippen molar-refractivity contribution in [1.82, 2.24) is 30.0 Å². The first-order chi connectivity index (χ1) is 11.4. The van der Waals surface area contributed by atoms with Gasteiger partial charge in [0, 0.05) is 39.1 Å². The van der Waals surface area contributed by atoms with Crippen molar-refractivity contribution in [3.63, 3.8) is 0 Å². The van der Waals surface area contributed by atoms with Crippen molar-refractivity contribution in [3.8, 4) is 0 Å². The van der Waals surface area contributed by atoms with Gasteiger partial charge in [-0.3, -0.25) is 4.79 Å². The van der Waals surface area contributed by atoms with Gasteiger partial charge in [0.05, 0.1) is 11.3 Å². The standard InChI is InChI=1S/C15H23N7OS/c1-6-22-11(3)19-20-15(22)24-8-7-16-13(23)12-9-17-14(21(4)5)18-10(12)2/h9H,6-8H2,1-5H3,(H,16,23). The van der Waals surface area contributed by atoms with Gasteiger partial charge in [-0.1, -0.05) is 11.8 Å². The predicted molar refractivity (Wildman–Crippen MR) is 94.6 cm³/mol. The van der Waals surface area contributed by atoms with Crippen molar-refractivity contribution in [2.45, 2.75) is 32.5 Å². The van der Waals surface area contributed by atoms with Gasteiger partial charge in [0.25, 0.3) is 5.91 Å². The van der Waals surface area contributed by atoms with E-state index in [1.165, 1.54) is 0 Å². The number of thioether (sulfide) groups is 1. The Kier molecular flexibility index (Phi) is 6.13. The molecule has 9 heteroatoms. The molecule has 0 fully saturated rings. The summed E-state index contributed by atoms with van der Waals surface area (Å²) in [6.45, 7) is 7.17. The molecule has 0 saturated carbocycles. The van der Waals surface area contributed by atoms with Crippen molar-refractivity contribution >= 4 is 23.6 Å². The molecule has 0 aliphatic heterocycles. The van der Waals surface area contributed by atoms with Crippen LogP contribution in [0.1, 0.15) is 28.8 Å². The molecule has 0 spiro atoms. The van der Waals surface area contributed by atoms with Crippen molar-refractivity contribution in [3.05, 3.63) is 23.3 Å². The fraction of sp³-hybridized carbons (Fsp3) is 0.533. The summed E-state index contributed by atoms with van der Waals surface area (Å²) in [5.41, 5.74) is 1.17. The number of amides is 1. The van der Waals surface area contributed by atoms with Gasteiger partial charge < -0.3 is 14.8 Å². The van der Waals surface area contributed by atoms with Crippen LogP contribution in [-0.2, 0) is 6.54 Å². The molecule has 0 aliphatic carbocycles. The third kappa shape index (κ3) is 4.22. The molecule has 2 rings (SSSR count). The van der Waals surface area contributed by atoms with Gasteiger partial charge in [-0.05, 0) is 20.8 Å². The normalized spacial score (nSPS) is 10.7. The summed E-state index contributed by atoms with van der Waals surface area (Å²) in [6.07, 6.45) is 1.57. The van der Waals surface area contributed by atoms with E-state index in [4.69, 9.17) is 0 Å². The second-order valence-electron chi connectivity index (χ2n) is 5.44. The van der Waals surface area contributed by atoms with Crippen LogP contribution in [0.3, 0.4) is 0 Å². The molecule has 1 amide bonds. The first kappa shape index (κ1) is 18.2. The van der Waals surface area contributed by atoms with E-state index in [2.05, 4.69) is 32.4 Å². The quantitative estimate of drug-likeness (QED) is 0.595. The molecule has 0 bridgehead atoms. The summed E-state index contributed by atoms with van der Waals surface area (Å²) in [6, 6.07) is 0. The first-order valence-electron chi connectivity index (χ1n) is 7.75. The van der Waals surface area contributed by atoms with E-state index in [0.29, 0.717) is 23.8 Å². The smallest absolute Gasteiger partial charge is 0.254 e. The molecule has 2 aromatic rings. The zero-order valence-corrected chi connectivity index (χ0v) is 15.5. The van der Waals surface area contributed by atoms with Crippen LogP contribution in [0, 0.1) is 13.8 Å². The third-order valence-electron chi connectivity index (χ3n) is 3.45. The summed E-state index contributed by atoms with van der Waals surface area (Å²) >= 11 is 1.58. The third-order valence-corrected chi connectivity index (χ3v) is 4.42. The Morgan fingerprint density at radius 1 is 1.33 bits per heavy atom. The number of rotatable bonds is 7. The highest BCUT2D eigenvalue weighted by atomic mass is 32.2. The van der Waals surface area contributed by atoms with Crippen LogP contribution in [-0.4, -0.2) is 57.0 Å². The number of hydrogen-bond donors (Lipinski definition) is 1. The topological polar surface area (TPSA) is 88.8 Å². The highest BCUT2D eigenvalue weighted by Crippen LogP contribution is 2.16. The minimum absolute atomic E-state index is 0.161. The van der Waals surface area contributed by atoms with E-state index in [0.717, 1.165) is 23.3 Å². The van der Waals surface area contributed by atoms with Crippen molar-refractivity contribution in [2.75, 3.05) is 31.3 Å². The van der Waals surface area contributed by atoms with Crippen molar-refractivity contribution < 1.29 is 4.79 Å². The number of nitrogens with zero attached hydrogens (tertiary/aromatic N) is 6. The fourth-order valence-corrected chi connectivity index (χ4v) is 3.03. The van der Waals surface area contributed by atoms with Gasteiger partial charge in [-0.25, -0.2) is 9.97 Å². The Morgan fingerprint density at radius 2 is 2.08 bits per heavy atom.